The first-order chi connectivity index (χ1) is 19.8. The van der Waals surface area contributed by atoms with Gasteiger partial charge in [-0.25, -0.2) is 4.79 Å². The second-order valence-electron chi connectivity index (χ2n) is 9.51. The van der Waals surface area contributed by atoms with Crippen molar-refractivity contribution < 1.29 is 24.2 Å². The quantitative estimate of drug-likeness (QED) is 0.201. The van der Waals surface area contributed by atoms with Crippen LogP contribution in [-0.2, 0) is 0 Å². The molecule has 2 amide bonds. The van der Waals surface area contributed by atoms with Gasteiger partial charge in [-0.05, 0) is 72.1 Å². The Balaban J connectivity index is 1.39. The number of hydrogen-bond acceptors (Lipinski definition) is 5. The van der Waals surface area contributed by atoms with Crippen LogP contribution in [0.3, 0.4) is 0 Å². The van der Waals surface area contributed by atoms with Crippen LogP contribution in [0.5, 0.6) is 5.75 Å². The second kappa shape index (κ2) is 11.7. The fourth-order valence-corrected chi connectivity index (χ4v) is 4.67. The minimum Gasteiger partial charge on any atom is -0.497 e. The molecule has 0 saturated carbocycles. The van der Waals surface area contributed by atoms with Gasteiger partial charge in [0, 0.05) is 17.5 Å². The van der Waals surface area contributed by atoms with E-state index in [-0.39, 0.29) is 23.6 Å². The summed E-state index contributed by atoms with van der Waals surface area (Å²) in [7, 11) is 1.55. The van der Waals surface area contributed by atoms with Gasteiger partial charge in [0.1, 0.15) is 5.75 Å². The summed E-state index contributed by atoms with van der Waals surface area (Å²) < 4.78 is 5.36. The molecule has 0 aliphatic carbocycles. The first kappa shape index (κ1) is 27.1. The Bertz CT molecular complexity index is 1760. The number of nitrogens with one attached hydrogen (secondary N) is 3. The molecule has 5 rings (SSSR count). The van der Waals surface area contributed by atoms with Crippen LogP contribution >= 0.6 is 0 Å². The molecule has 1 heterocycles. The fraction of sp³-hybridized carbons (Fsp3) is 0.125. The zero-order valence-electron chi connectivity index (χ0n) is 22.5. The van der Waals surface area contributed by atoms with Crippen LogP contribution in [0.4, 0.5) is 0 Å². The molecule has 1 unspecified atom stereocenters. The first-order valence-electron chi connectivity index (χ1n) is 12.9. The number of nitrogens with zero attached hydrogens (tertiary/aromatic N) is 1. The smallest absolute Gasteiger partial charge is 0.336 e. The van der Waals surface area contributed by atoms with Crippen molar-refractivity contribution in [3.8, 4) is 16.9 Å². The Morgan fingerprint density at radius 2 is 1.63 bits per heavy atom. The van der Waals surface area contributed by atoms with E-state index in [0.29, 0.717) is 16.9 Å². The molecule has 0 aliphatic rings. The summed E-state index contributed by atoms with van der Waals surface area (Å²) in [6.45, 7) is 1.95. The number of hydrogen-bond donors (Lipinski definition) is 4. The Labute approximate surface area is 236 Å². The normalized spacial score (nSPS) is 11.6. The van der Waals surface area contributed by atoms with Gasteiger partial charge < -0.3 is 20.5 Å². The molecular weight excluding hydrogens is 520 g/mol. The predicted molar refractivity (Wildman–Crippen MR) is 155 cm³/mol. The third kappa shape index (κ3) is 5.94. The molecule has 9 heteroatoms. The number of aryl methyl sites for hydroxylation is 1. The van der Waals surface area contributed by atoms with Crippen LogP contribution in [0.15, 0.2) is 91.0 Å². The number of methoxy groups -OCH3 is 1. The summed E-state index contributed by atoms with van der Waals surface area (Å²) in [6.07, 6.45) is 0. The van der Waals surface area contributed by atoms with Crippen LogP contribution in [0, 0.1) is 6.92 Å². The molecule has 0 spiro atoms. The van der Waals surface area contributed by atoms with Gasteiger partial charge in [-0.3, -0.25) is 14.7 Å². The van der Waals surface area contributed by atoms with E-state index in [4.69, 9.17) is 4.74 Å². The lowest BCUT2D eigenvalue weighted by Crippen LogP contribution is -2.38. The van der Waals surface area contributed by atoms with Crippen molar-refractivity contribution in [1.29, 1.82) is 0 Å². The number of benzene rings is 4. The van der Waals surface area contributed by atoms with E-state index >= 15 is 0 Å². The number of carbonyl (C=O) groups is 3. The maximum absolute atomic E-state index is 13.5. The zero-order chi connectivity index (χ0) is 28.9. The molecule has 4 N–H and O–H groups in total. The van der Waals surface area contributed by atoms with Crippen molar-refractivity contribution in [2.24, 2.45) is 0 Å². The SMILES string of the molecule is COc1cccc(C(CNC(=O)c2ccccc2C(=O)O)NC(=O)c2cccc(-c3ccc4[nH]nc(C)c4c3)c2)c1. The molecule has 0 aliphatic heterocycles. The Kier molecular flexibility index (Phi) is 7.78. The molecule has 1 atom stereocenters. The molecule has 206 valence electrons. The van der Waals surface area contributed by atoms with Gasteiger partial charge in [-0.1, -0.05) is 42.5 Å². The average molecular weight is 549 g/mol. The lowest BCUT2D eigenvalue weighted by atomic mass is 10.0. The number of aromatic amines is 1. The summed E-state index contributed by atoms with van der Waals surface area (Å²) in [4.78, 5) is 38.1. The summed E-state index contributed by atoms with van der Waals surface area (Å²) in [6, 6.07) is 25.8. The number of carboxylic acid groups (broad SMARTS) is 1. The van der Waals surface area contributed by atoms with E-state index in [2.05, 4.69) is 20.8 Å². The molecule has 0 radical (unpaired) electrons. The maximum atomic E-state index is 13.5. The lowest BCUT2D eigenvalue weighted by Gasteiger charge is -2.21. The topological polar surface area (TPSA) is 133 Å². The highest BCUT2D eigenvalue weighted by Gasteiger charge is 2.21. The third-order valence-electron chi connectivity index (χ3n) is 6.88. The van der Waals surface area contributed by atoms with Crippen molar-refractivity contribution in [1.82, 2.24) is 20.8 Å². The van der Waals surface area contributed by atoms with E-state index < -0.39 is 17.9 Å². The van der Waals surface area contributed by atoms with E-state index in [1.165, 1.54) is 12.1 Å². The summed E-state index contributed by atoms with van der Waals surface area (Å²) in [5, 5.41) is 23.5. The van der Waals surface area contributed by atoms with E-state index in [1.54, 1.807) is 43.5 Å². The Hall–Kier alpha value is -5.44. The van der Waals surface area contributed by atoms with Crippen molar-refractivity contribution in [2.75, 3.05) is 13.7 Å². The van der Waals surface area contributed by atoms with Gasteiger partial charge >= 0.3 is 5.97 Å². The highest BCUT2D eigenvalue weighted by Crippen LogP contribution is 2.26. The number of fused-ring (bicyclic) bond motifs is 1. The molecule has 0 fully saturated rings. The maximum Gasteiger partial charge on any atom is 0.336 e. The third-order valence-corrected chi connectivity index (χ3v) is 6.88. The van der Waals surface area contributed by atoms with Crippen molar-refractivity contribution in [2.45, 2.75) is 13.0 Å². The number of carbonyl (C=O) groups excluding carboxylic acids is 2. The zero-order valence-corrected chi connectivity index (χ0v) is 22.5. The van der Waals surface area contributed by atoms with Gasteiger partial charge in [0.15, 0.2) is 0 Å². The van der Waals surface area contributed by atoms with Crippen LogP contribution in [0.25, 0.3) is 22.0 Å². The van der Waals surface area contributed by atoms with Crippen LogP contribution in [0.2, 0.25) is 0 Å². The number of aromatic nitrogens is 2. The van der Waals surface area contributed by atoms with Crippen LogP contribution in [0.1, 0.15) is 48.4 Å². The predicted octanol–water partition coefficient (Wildman–Crippen LogP) is 5.15. The molecule has 0 bridgehead atoms. The standard InChI is InChI=1S/C32H28N4O5/c1-19-27-17-21(13-14-28(27)36-35-19)20-7-5-9-23(15-20)30(37)34-29(22-8-6-10-24(16-22)41-2)18-33-31(38)25-11-3-4-12-26(25)32(39)40/h3-17,29H,18H2,1-2H3,(H,33,38)(H,34,37)(H,35,36)(H,39,40). The van der Waals surface area contributed by atoms with E-state index in [9.17, 15) is 19.5 Å². The largest absolute Gasteiger partial charge is 0.497 e. The van der Waals surface area contributed by atoms with E-state index in [0.717, 1.165) is 27.7 Å². The first-order valence-corrected chi connectivity index (χ1v) is 12.9. The van der Waals surface area contributed by atoms with Crippen molar-refractivity contribution in [3.05, 3.63) is 119 Å². The second-order valence-corrected chi connectivity index (χ2v) is 9.51. The van der Waals surface area contributed by atoms with Crippen molar-refractivity contribution >= 4 is 28.7 Å². The van der Waals surface area contributed by atoms with Crippen LogP contribution in [-0.4, -0.2) is 46.7 Å². The molecule has 4 aromatic carbocycles. The lowest BCUT2D eigenvalue weighted by molar-refractivity contribution is 0.0691. The highest BCUT2D eigenvalue weighted by atomic mass is 16.5. The number of amides is 2. The number of ether oxygens (including phenoxy) is 1. The number of carboxylic acids is 1. The molecule has 9 nitrogen and oxygen atoms in total. The van der Waals surface area contributed by atoms with Gasteiger partial charge in [-0.15, -0.1) is 0 Å². The van der Waals surface area contributed by atoms with Gasteiger partial charge in [-0.2, -0.15) is 5.10 Å². The van der Waals surface area contributed by atoms with Gasteiger partial charge in [0.25, 0.3) is 11.8 Å². The summed E-state index contributed by atoms with van der Waals surface area (Å²) in [5.41, 5.74) is 4.74. The molecule has 41 heavy (non-hydrogen) atoms. The molecule has 5 aromatic rings. The summed E-state index contributed by atoms with van der Waals surface area (Å²) in [5.74, 6) is -1.50. The van der Waals surface area contributed by atoms with E-state index in [1.807, 2.05) is 49.4 Å². The molecular formula is C32H28N4O5. The number of H-pyrrole nitrogens is 1. The highest BCUT2D eigenvalue weighted by molar-refractivity contribution is 6.04. The Morgan fingerprint density at radius 1 is 0.878 bits per heavy atom. The monoisotopic (exact) mass is 548 g/mol. The van der Waals surface area contributed by atoms with Crippen LogP contribution < -0.4 is 15.4 Å². The molecule has 0 saturated heterocycles. The minimum absolute atomic E-state index is 0.0157. The van der Waals surface area contributed by atoms with Crippen molar-refractivity contribution in [3.63, 3.8) is 0 Å². The summed E-state index contributed by atoms with van der Waals surface area (Å²) >= 11 is 0. The van der Waals surface area contributed by atoms with Gasteiger partial charge in [0.2, 0.25) is 0 Å². The Morgan fingerprint density at radius 3 is 2.41 bits per heavy atom. The number of rotatable bonds is 9. The fourth-order valence-electron chi connectivity index (χ4n) is 4.67. The molecule has 1 aromatic heterocycles. The minimum atomic E-state index is -1.20. The number of aromatic carboxylic acids is 1. The van der Waals surface area contributed by atoms with Gasteiger partial charge in [0.05, 0.1) is 35.5 Å². The average Bonchev–Trinajstić information content (AvgIpc) is 3.38.